The van der Waals surface area contributed by atoms with Gasteiger partial charge in [-0.3, -0.25) is 9.59 Å². The van der Waals surface area contributed by atoms with Crippen LogP contribution in [0.3, 0.4) is 0 Å². The van der Waals surface area contributed by atoms with Crippen molar-refractivity contribution in [1.82, 2.24) is 4.90 Å². The van der Waals surface area contributed by atoms with Crippen molar-refractivity contribution in [3.63, 3.8) is 0 Å². The lowest BCUT2D eigenvalue weighted by molar-refractivity contribution is 0.0730. The van der Waals surface area contributed by atoms with Gasteiger partial charge in [-0.2, -0.15) is 0 Å². The molecule has 32 heavy (non-hydrogen) atoms. The SMILES string of the molecule is COc1cccc(C2c3c(oc4ccc(F)cc4c3=O)C(=O)N2CCc2ccccc2)c1. The van der Waals surface area contributed by atoms with Gasteiger partial charge in [0.2, 0.25) is 5.76 Å². The van der Waals surface area contributed by atoms with Crippen LogP contribution in [0.1, 0.15) is 33.3 Å². The van der Waals surface area contributed by atoms with Gasteiger partial charge < -0.3 is 14.1 Å². The third-order valence-electron chi connectivity index (χ3n) is 5.82. The monoisotopic (exact) mass is 429 g/mol. The molecular formula is C26H20FNO4. The Labute approximate surface area is 183 Å². The lowest BCUT2D eigenvalue weighted by Crippen LogP contribution is -2.31. The number of hydrogen-bond donors (Lipinski definition) is 0. The van der Waals surface area contributed by atoms with E-state index in [0.29, 0.717) is 18.7 Å². The Morgan fingerprint density at radius 3 is 2.59 bits per heavy atom. The highest BCUT2D eigenvalue weighted by atomic mass is 19.1. The van der Waals surface area contributed by atoms with Crippen molar-refractivity contribution < 1.29 is 18.3 Å². The number of fused-ring (bicyclic) bond motifs is 2. The van der Waals surface area contributed by atoms with Gasteiger partial charge in [-0.15, -0.1) is 0 Å². The maximum absolute atomic E-state index is 13.9. The van der Waals surface area contributed by atoms with Gasteiger partial charge in [0.05, 0.1) is 24.1 Å². The molecule has 0 fully saturated rings. The summed E-state index contributed by atoms with van der Waals surface area (Å²) in [5.41, 5.74) is 1.83. The summed E-state index contributed by atoms with van der Waals surface area (Å²) in [6.07, 6.45) is 0.614. The van der Waals surface area contributed by atoms with Crippen LogP contribution in [0, 0.1) is 5.82 Å². The molecule has 1 atom stereocenters. The van der Waals surface area contributed by atoms with E-state index in [4.69, 9.17) is 9.15 Å². The number of benzene rings is 3. The lowest BCUT2D eigenvalue weighted by atomic mass is 9.98. The van der Waals surface area contributed by atoms with E-state index in [9.17, 15) is 14.0 Å². The predicted octanol–water partition coefficient (Wildman–Crippen LogP) is 4.73. The highest BCUT2D eigenvalue weighted by Gasteiger charge is 2.42. The molecule has 5 nitrogen and oxygen atoms in total. The molecule has 0 bridgehead atoms. The Bertz CT molecular complexity index is 1380. The molecule has 0 saturated heterocycles. The molecule has 1 aromatic heterocycles. The smallest absolute Gasteiger partial charge is 0.290 e. The number of methoxy groups -OCH3 is 1. The van der Waals surface area contributed by atoms with Crippen LogP contribution >= 0.6 is 0 Å². The van der Waals surface area contributed by atoms with Gasteiger partial charge in [0.1, 0.15) is 17.1 Å². The van der Waals surface area contributed by atoms with Gasteiger partial charge >= 0.3 is 0 Å². The number of rotatable bonds is 5. The zero-order valence-corrected chi connectivity index (χ0v) is 17.4. The molecule has 0 radical (unpaired) electrons. The first-order valence-corrected chi connectivity index (χ1v) is 10.3. The first-order valence-electron chi connectivity index (χ1n) is 10.3. The quantitative estimate of drug-likeness (QED) is 0.460. The first-order chi connectivity index (χ1) is 15.6. The van der Waals surface area contributed by atoms with Crippen LogP contribution in [0.15, 0.2) is 82.0 Å². The number of nitrogens with zero attached hydrogens (tertiary/aromatic N) is 1. The van der Waals surface area contributed by atoms with Crippen molar-refractivity contribution in [2.75, 3.05) is 13.7 Å². The Kier molecular flexibility index (Phi) is 4.98. The molecule has 2 heterocycles. The summed E-state index contributed by atoms with van der Waals surface area (Å²) < 4.78 is 25.1. The molecule has 3 aromatic carbocycles. The van der Waals surface area contributed by atoms with E-state index in [1.165, 1.54) is 12.1 Å². The third kappa shape index (κ3) is 3.34. The number of ether oxygens (including phenoxy) is 1. The molecule has 1 unspecified atom stereocenters. The van der Waals surface area contributed by atoms with Crippen LogP contribution in [0.5, 0.6) is 5.75 Å². The zero-order chi connectivity index (χ0) is 22.2. The molecular weight excluding hydrogens is 409 g/mol. The van der Waals surface area contributed by atoms with Gasteiger partial charge in [0.25, 0.3) is 5.91 Å². The van der Waals surface area contributed by atoms with Gasteiger partial charge in [-0.05, 0) is 47.9 Å². The number of amides is 1. The van der Waals surface area contributed by atoms with E-state index in [1.54, 1.807) is 24.1 Å². The summed E-state index contributed by atoms with van der Waals surface area (Å²) in [7, 11) is 1.56. The number of halogens is 1. The maximum Gasteiger partial charge on any atom is 0.290 e. The van der Waals surface area contributed by atoms with Crippen molar-refractivity contribution in [3.05, 3.63) is 111 Å². The molecule has 6 heteroatoms. The fourth-order valence-corrected chi connectivity index (χ4v) is 4.28. The molecule has 0 saturated carbocycles. The molecule has 1 aliphatic rings. The van der Waals surface area contributed by atoms with E-state index in [2.05, 4.69) is 0 Å². The second kappa shape index (κ2) is 7.96. The fourth-order valence-electron chi connectivity index (χ4n) is 4.28. The minimum atomic E-state index is -0.653. The Balaban J connectivity index is 1.67. The summed E-state index contributed by atoms with van der Waals surface area (Å²) in [4.78, 5) is 28.5. The summed E-state index contributed by atoms with van der Waals surface area (Å²) in [6.45, 7) is 0.388. The normalized spacial score (nSPS) is 15.2. The summed E-state index contributed by atoms with van der Waals surface area (Å²) >= 11 is 0. The molecule has 0 aliphatic carbocycles. The predicted molar refractivity (Wildman–Crippen MR) is 118 cm³/mol. The Morgan fingerprint density at radius 2 is 1.81 bits per heavy atom. The fraction of sp³-hybridized carbons (Fsp3) is 0.154. The van der Waals surface area contributed by atoms with Crippen LogP contribution in [-0.2, 0) is 6.42 Å². The van der Waals surface area contributed by atoms with Crippen molar-refractivity contribution >= 4 is 16.9 Å². The second-order valence-electron chi connectivity index (χ2n) is 7.73. The maximum atomic E-state index is 13.9. The minimum Gasteiger partial charge on any atom is -0.497 e. The van der Waals surface area contributed by atoms with Gasteiger partial charge in [0, 0.05) is 6.54 Å². The van der Waals surface area contributed by atoms with Crippen LogP contribution in [0.4, 0.5) is 4.39 Å². The Morgan fingerprint density at radius 1 is 1.00 bits per heavy atom. The van der Waals surface area contributed by atoms with Crippen molar-refractivity contribution in [2.24, 2.45) is 0 Å². The number of carbonyl (C=O) groups is 1. The molecule has 4 aromatic rings. The lowest BCUT2D eigenvalue weighted by Gasteiger charge is -2.25. The highest BCUT2D eigenvalue weighted by molar-refractivity contribution is 5.99. The standard InChI is InChI=1S/C26H20FNO4/c1-31-19-9-5-8-17(14-19)23-22-24(29)20-15-18(27)10-11-21(20)32-25(22)26(30)28(23)13-12-16-6-3-2-4-7-16/h2-11,14-15,23H,12-13H2,1H3. The van der Waals surface area contributed by atoms with Crippen molar-refractivity contribution in [1.29, 1.82) is 0 Å². The average Bonchev–Trinajstić information content (AvgIpc) is 3.10. The van der Waals surface area contributed by atoms with Crippen LogP contribution in [0.25, 0.3) is 11.0 Å². The molecule has 1 amide bonds. The van der Waals surface area contributed by atoms with Gasteiger partial charge in [-0.25, -0.2) is 4.39 Å². The molecule has 5 rings (SSSR count). The summed E-state index contributed by atoms with van der Waals surface area (Å²) in [6, 6.07) is 20.2. The molecule has 160 valence electrons. The van der Waals surface area contributed by atoms with Crippen molar-refractivity contribution in [3.8, 4) is 5.75 Å². The number of carbonyl (C=O) groups excluding carboxylic acids is 1. The largest absolute Gasteiger partial charge is 0.497 e. The van der Waals surface area contributed by atoms with Crippen LogP contribution in [0.2, 0.25) is 0 Å². The van der Waals surface area contributed by atoms with Crippen LogP contribution < -0.4 is 10.2 Å². The molecule has 0 N–H and O–H groups in total. The highest BCUT2D eigenvalue weighted by Crippen LogP contribution is 2.39. The topological polar surface area (TPSA) is 59.8 Å². The zero-order valence-electron chi connectivity index (χ0n) is 17.4. The van der Waals surface area contributed by atoms with E-state index in [1.807, 2.05) is 42.5 Å². The first kappa shape index (κ1) is 20.0. The average molecular weight is 429 g/mol. The second-order valence-corrected chi connectivity index (χ2v) is 7.73. The van der Waals surface area contributed by atoms with Gasteiger partial charge in [-0.1, -0.05) is 42.5 Å². The third-order valence-corrected chi connectivity index (χ3v) is 5.82. The van der Waals surface area contributed by atoms with Crippen molar-refractivity contribution in [2.45, 2.75) is 12.5 Å². The minimum absolute atomic E-state index is 0.00925. The van der Waals surface area contributed by atoms with Gasteiger partial charge in [0.15, 0.2) is 5.43 Å². The van der Waals surface area contributed by atoms with E-state index < -0.39 is 17.3 Å². The molecule has 0 spiro atoms. The van der Waals surface area contributed by atoms with E-state index in [0.717, 1.165) is 17.2 Å². The summed E-state index contributed by atoms with van der Waals surface area (Å²) in [5.74, 6) is -0.266. The summed E-state index contributed by atoms with van der Waals surface area (Å²) in [5, 5.41) is 0.120. The van der Waals surface area contributed by atoms with Crippen LogP contribution in [-0.4, -0.2) is 24.5 Å². The molecule has 1 aliphatic heterocycles. The van der Waals surface area contributed by atoms with E-state index >= 15 is 0 Å². The van der Waals surface area contributed by atoms with E-state index in [-0.39, 0.29) is 28.2 Å². The Hall–Kier alpha value is -3.93. The number of hydrogen-bond acceptors (Lipinski definition) is 4.